The van der Waals surface area contributed by atoms with Crippen LogP contribution in [0.4, 0.5) is 10.4 Å². The molecule has 0 spiro atoms. The summed E-state index contributed by atoms with van der Waals surface area (Å²) in [5, 5.41) is 5.93. The predicted octanol–water partition coefficient (Wildman–Crippen LogP) is 4.44. The maximum atomic E-state index is 13.3. The largest absolute Gasteiger partial charge is 0.424 e. The summed E-state index contributed by atoms with van der Waals surface area (Å²) in [7, 11) is 0. The van der Waals surface area contributed by atoms with E-state index in [9.17, 15) is 9.18 Å². The van der Waals surface area contributed by atoms with Crippen LogP contribution >= 0.6 is 0 Å². The van der Waals surface area contributed by atoms with Crippen molar-refractivity contribution in [3.63, 3.8) is 0 Å². The molecule has 0 aliphatic heterocycles. The molecule has 0 saturated carbocycles. The number of carbonyl (C=O) groups is 1. The topological polar surface area (TPSA) is 67.2 Å². The molecular weight excluding hydrogens is 357 g/mol. The van der Waals surface area contributed by atoms with E-state index in [1.165, 1.54) is 12.1 Å². The molecule has 2 N–H and O–H groups in total. The maximum absolute atomic E-state index is 13.3. The molecule has 140 valence electrons. The van der Waals surface area contributed by atoms with Crippen molar-refractivity contribution in [2.45, 2.75) is 12.6 Å². The van der Waals surface area contributed by atoms with Crippen molar-refractivity contribution in [2.75, 3.05) is 5.32 Å². The second-order valence-corrected chi connectivity index (χ2v) is 6.32. The smallest absolute Gasteiger partial charge is 0.296 e. The number of aromatic nitrogens is 1. The summed E-state index contributed by atoms with van der Waals surface area (Å²) in [4.78, 5) is 17.2. The fourth-order valence-electron chi connectivity index (χ4n) is 2.90. The number of nitrogens with one attached hydrogen (secondary N) is 2. The number of fused-ring (bicyclic) bond motifs is 1. The SMILES string of the molecule is O=C(NCc1ccccc1)C(Nc1nc2ccccc2o1)c1ccc(F)cc1. The fraction of sp³-hybridized carbons (Fsp3) is 0.0909. The zero-order valence-corrected chi connectivity index (χ0v) is 14.9. The second kappa shape index (κ2) is 7.92. The third kappa shape index (κ3) is 4.01. The molecule has 1 atom stereocenters. The van der Waals surface area contributed by atoms with Crippen LogP contribution in [0.3, 0.4) is 0 Å². The average molecular weight is 375 g/mol. The van der Waals surface area contributed by atoms with Crippen LogP contribution in [0.1, 0.15) is 17.2 Å². The van der Waals surface area contributed by atoms with E-state index in [1.54, 1.807) is 18.2 Å². The first kappa shape index (κ1) is 17.7. The van der Waals surface area contributed by atoms with Gasteiger partial charge in [0.15, 0.2) is 5.58 Å². The summed E-state index contributed by atoms with van der Waals surface area (Å²) in [6, 6.07) is 22.2. The quantitative estimate of drug-likeness (QED) is 0.523. The molecule has 1 aromatic heterocycles. The van der Waals surface area contributed by atoms with Crippen LogP contribution in [-0.2, 0) is 11.3 Å². The van der Waals surface area contributed by atoms with Gasteiger partial charge in [-0.2, -0.15) is 4.98 Å². The highest BCUT2D eigenvalue weighted by Crippen LogP contribution is 2.24. The van der Waals surface area contributed by atoms with E-state index in [0.717, 1.165) is 5.56 Å². The van der Waals surface area contributed by atoms with E-state index < -0.39 is 6.04 Å². The molecule has 4 aromatic rings. The number of nitrogens with zero attached hydrogens (tertiary/aromatic N) is 1. The highest BCUT2D eigenvalue weighted by atomic mass is 19.1. The number of benzene rings is 3. The first-order valence-electron chi connectivity index (χ1n) is 8.88. The van der Waals surface area contributed by atoms with Gasteiger partial charge in [0, 0.05) is 6.54 Å². The van der Waals surface area contributed by atoms with Crippen LogP contribution in [0.15, 0.2) is 83.3 Å². The molecule has 28 heavy (non-hydrogen) atoms. The maximum Gasteiger partial charge on any atom is 0.296 e. The van der Waals surface area contributed by atoms with Gasteiger partial charge in [0.2, 0.25) is 5.91 Å². The van der Waals surface area contributed by atoms with Crippen molar-refractivity contribution in [1.29, 1.82) is 0 Å². The number of hydrogen-bond acceptors (Lipinski definition) is 4. The summed E-state index contributed by atoms with van der Waals surface area (Å²) >= 11 is 0. The van der Waals surface area contributed by atoms with Gasteiger partial charge >= 0.3 is 0 Å². The van der Waals surface area contributed by atoms with Crippen molar-refractivity contribution in [1.82, 2.24) is 10.3 Å². The van der Waals surface area contributed by atoms with Gasteiger partial charge in [-0.15, -0.1) is 0 Å². The van der Waals surface area contributed by atoms with E-state index in [0.29, 0.717) is 23.2 Å². The minimum Gasteiger partial charge on any atom is -0.424 e. The number of halogens is 1. The predicted molar refractivity (Wildman–Crippen MR) is 105 cm³/mol. The first-order chi connectivity index (χ1) is 13.7. The van der Waals surface area contributed by atoms with Crippen molar-refractivity contribution in [3.8, 4) is 0 Å². The van der Waals surface area contributed by atoms with Crippen LogP contribution in [0.25, 0.3) is 11.1 Å². The van der Waals surface area contributed by atoms with Gasteiger partial charge in [-0.1, -0.05) is 54.6 Å². The lowest BCUT2D eigenvalue weighted by Crippen LogP contribution is -2.33. The number of anilines is 1. The highest BCUT2D eigenvalue weighted by molar-refractivity contribution is 5.86. The van der Waals surface area contributed by atoms with Crippen LogP contribution in [-0.4, -0.2) is 10.9 Å². The Hall–Kier alpha value is -3.67. The molecule has 0 radical (unpaired) electrons. The van der Waals surface area contributed by atoms with Crippen molar-refractivity contribution in [3.05, 3.63) is 95.8 Å². The van der Waals surface area contributed by atoms with E-state index >= 15 is 0 Å². The first-order valence-corrected chi connectivity index (χ1v) is 8.88. The minimum absolute atomic E-state index is 0.227. The number of para-hydroxylation sites is 2. The lowest BCUT2D eigenvalue weighted by Gasteiger charge is -2.18. The lowest BCUT2D eigenvalue weighted by atomic mass is 10.1. The number of amides is 1. The Balaban J connectivity index is 1.57. The molecule has 1 amide bonds. The zero-order chi connectivity index (χ0) is 19.3. The number of oxazole rings is 1. The molecule has 0 fully saturated rings. The third-order valence-electron chi connectivity index (χ3n) is 4.34. The summed E-state index contributed by atoms with van der Waals surface area (Å²) in [6.45, 7) is 0.382. The number of hydrogen-bond donors (Lipinski definition) is 2. The van der Waals surface area contributed by atoms with Gasteiger partial charge in [-0.25, -0.2) is 4.39 Å². The fourth-order valence-corrected chi connectivity index (χ4v) is 2.90. The van der Waals surface area contributed by atoms with Crippen LogP contribution in [0, 0.1) is 5.82 Å². The third-order valence-corrected chi connectivity index (χ3v) is 4.34. The Bertz CT molecular complexity index is 1040. The van der Waals surface area contributed by atoms with Gasteiger partial charge in [0.25, 0.3) is 6.01 Å². The monoisotopic (exact) mass is 375 g/mol. The molecule has 6 heteroatoms. The Labute approximate surface area is 161 Å². The Kier molecular flexibility index (Phi) is 5.01. The van der Waals surface area contributed by atoms with Crippen LogP contribution < -0.4 is 10.6 Å². The molecule has 0 aliphatic carbocycles. The zero-order valence-electron chi connectivity index (χ0n) is 14.9. The van der Waals surface area contributed by atoms with Crippen LogP contribution in [0.5, 0.6) is 0 Å². The molecule has 0 aliphatic rings. The van der Waals surface area contributed by atoms with Crippen molar-refractivity contribution in [2.24, 2.45) is 0 Å². The molecule has 0 bridgehead atoms. The van der Waals surface area contributed by atoms with Gasteiger partial charge in [-0.05, 0) is 35.4 Å². The molecule has 5 nitrogen and oxygen atoms in total. The van der Waals surface area contributed by atoms with E-state index in [-0.39, 0.29) is 17.7 Å². The molecule has 1 unspecified atom stereocenters. The van der Waals surface area contributed by atoms with Gasteiger partial charge < -0.3 is 15.1 Å². The molecule has 1 heterocycles. The normalized spacial score (nSPS) is 11.9. The van der Waals surface area contributed by atoms with Crippen molar-refractivity contribution < 1.29 is 13.6 Å². The van der Waals surface area contributed by atoms with E-state index in [1.807, 2.05) is 48.5 Å². The van der Waals surface area contributed by atoms with E-state index in [2.05, 4.69) is 15.6 Å². The average Bonchev–Trinajstić information content (AvgIpc) is 3.14. The molecule has 3 aromatic carbocycles. The summed E-state index contributed by atoms with van der Waals surface area (Å²) in [5.74, 6) is -0.633. The van der Waals surface area contributed by atoms with Gasteiger partial charge in [0.05, 0.1) is 0 Å². The lowest BCUT2D eigenvalue weighted by molar-refractivity contribution is -0.122. The summed E-state index contributed by atoms with van der Waals surface area (Å²) in [6.07, 6.45) is 0. The molecular formula is C22H18FN3O2. The van der Waals surface area contributed by atoms with Gasteiger partial charge in [0.1, 0.15) is 17.4 Å². The number of carbonyl (C=O) groups excluding carboxylic acids is 1. The van der Waals surface area contributed by atoms with Crippen molar-refractivity contribution >= 4 is 23.0 Å². The minimum atomic E-state index is -0.780. The Morgan fingerprint density at radius 1 is 0.964 bits per heavy atom. The highest BCUT2D eigenvalue weighted by Gasteiger charge is 2.22. The van der Waals surface area contributed by atoms with E-state index in [4.69, 9.17) is 4.42 Å². The molecule has 4 rings (SSSR count). The Morgan fingerprint density at radius 2 is 1.68 bits per heavy atom. The second-order valence-electron chi connectivity index (χ2n) is 6.32. The summed E-state index contributed by atoms with van der Waals surface area (Å²) < 4.78 is 19.0. The Morgan fingerprint density at radius 3 is 2.43 bits per heavy atom. The molecule has 0 saturated heterocycles. The standard InChI is InChI=1S/C22H18FN3O2/c23-17-12-10-16(11-13-17)20(21(27)24-14-15-6-2-1-3-7-15)26-22-25-18-8-4-5-9-19(18)28-22/h1-13,20H,14H2,(H,24,27)(H,25,26). The number of rotatable bonds is 6. The summed E-state index contributed by atoms with van der Waals surface area (Å²) in [5.41, 5.74) is 2.89. The van der Waals surface area contributed by atoms with Crippen LogP contribution in [0.2, 0.25) is 0 Å². The van der Waals surface area contributed by atoms with Gasteiger partial charge in [-0.3, -0.25) is 4.79 Å².